The van der Waals surface area contributed by atoms with Gasteiger partial charge in [0.15, 0.2) is 0 Å². The molecule has 0 radical (unpaired) electrons. The summed E-state index contributed by atoms with van der Waals surface area (Å²) in [5.74, 6) is 0.424. The standard InChI is InChI=1S/C16H25NO2/c1-12(2)10-11-17-13(3)14(4)19-16(18)15-8-6-5-7-9-15/h5-9,12-14,17H,10-11H2,1-4H3/t13-,14+/m1/s1. The molecule has 3 heteroatoms. The second kappa shape index (κ2) is 7.95. The summed E-state index contributed by atoms with van der Waals surface area (Å²) in [5.41, 5.74) is 0.601. The topological polar surface area (TPSA) is 38.3 Å². The first kappa shape index (κ1) is 15.7. The Labute approximate surface area is 116 Å². The van der Waals surface area contributed by atoms with Crippen LogP contribution in [0.4, 0.5) is 0 Å². The quantitative estimate of drug-likeness (QED) is 0.767. The van der Waals surface area contributed by atoms with Gasteiger partial charge in [-0.25, -0.2) is 4.79 Å². The second-order valence-electron chi connectivity index (χ2n) is 5.40. The first-order valence-corrected chi connectivity index (χ1v) is 7.00. The molecule has 0 aromatic heterocycles. The molecule has 3 nitrogen and oxygen atoms in total. The molecule has 0 saturated heterocycles. The van der Waals surface area contributed by atoms with Gasteiger partial charge in [0.25, 0.3) is 0 Å². The maximum Gasteiger partial charge on any atom is 0.338 e. The SMILES string of the molecule is CC(C)CCN[C@H](C)[C@H](C)OC(=O)c1ccccc1. The van der Waals surface area contributed by atoms with Crippen LogP contribution in [0.25, 0.3) is 0 Å². The van der Waals surface area contributed by atoms with Gasteiger partial charge in [0, 0.05) is 6.04 Å². The van der Waals surface area contributed by atoms with E-state index < -0.39 is 0 Å². The van der Waals surface area contributed by atoms with Crippen LogP contribution in [0.5, 0.6) is 0 Å². The highest BCUT2D eigenvalue weighted by Gasteiger charge is 2.17. The summed E-state index contributed by atoms with van der Waals surface area (Å²) < 4.78 is 5.45. The van der Waals surface area contributed by atoms with E-state index in [1.165, 1.54) is 0 Å². The number of carbonyl (C=O) groups excluding carboxylic acids is 1. The van der Waals surface area contributed by atoms with Crippen LogP contribution in [0.1, 0.15) is 44.5 Å². The summed E-state index contributed by atoms with van der Waals surface area (Å²) >= 11 is 0. The van der Waals surface area contributed by atoms with Gasteiger partial charge in [0.05, 0.1) is 5.56 Å². The van der Waals surface area contributed by atoms with E-state index in [4.69, 9.17) is 4.74 Å². The lowest BCUT2D eigenvalue weighted by atomic mass is 10.1. The number of hydrogen-bond acceptors (Lipinski definition) is 3. The average molecular weight is 263 g/mol. The van der Waals surface area contributed by atoms with Crippen molar-refractivity contribution in [1.29, 1.82) is 0 Å². The smallest absolute Gasteiger partial charge is 0.338 e. The Morgan fingerprint density at radius 1 is 1.16 bits per heavy atom. The third-order valence-electron chi connectivity index (χ3n) is 3.19. The van der Waals surface area contributed by atoms with Gasteiger partial charge in [-0.05, 0) is 44.9 Å². The van der Waals surface area contributed by atoms with Gasteiger partial charge in [0.1, 0.15) is 6.10 Å². The Morgan fingerprint density at radius 3 is 2.37 bits per heavy atom. The van der Waals surface area contributed by atoms with Crippen LogP contribution in [0.3, 0.4) is 0 Å². The normalized spacial score (nSPS) is 14.2. The summed E-state index contributed by atoms with van der Waals surface area (Å²) in [4.78, 5) is 11.9. The molecule has 106 valence electrons. The van der Waals surface area contributed by atoms with Crippen molar-refractivity contribution in [3.63, 3.8) is 0 Å². The summed E-state index contributed by atoms with van der Waals surface area (Å²) in [5, 5.41) is 3.39. The molecule has 2 atom stereocenters. The minimum absolute atomic E-state index is 0.139. The van der Waals surface area contributed by atoms with Crippen LogP contribution in [0.2, 0.25) is 0 Å². The van der Waals surface area contributed by atoms with Gasteiger partial charge in [-0.15, -0.1) is 0 Å². The lowest BCUT2D eigenvalue weighted by molar-refractivity contribution is 0.0267. The molecule has 1 rings (SSSR count). The zero-order valence-electron chi connectivity index (χ0n) is 12.3. The van der Waals surface area contributed by atoms with E-state index in [0.29, 0.717) is 11.5 Å². The van der Waals surface area contributed by atoms with E-state index in [1.54, 1.807) is 12.1 Å². The van der Waals surface area contributed by atoms with Crippen molar-refractivity contribution in [1.82, 2.24) is 5.32 Å². The third kappa shape index (κ3) is 5.88. The fourth-order valence-electron chi connectivity index (χ4n) is 1.68. The number of ether oxygens (including phenoxy) is 1. The van der Waals surface area contributed by atoms with Crippen molar-refractivity contribution in [3.05, 3.63) is 35.9 Å². The molecule has 0 aliphatic heterocycles. The fraction of sp³-hybridized carbons (Fsp3) is 0.562. The molecule has 1 aromatic carbocycles. The summed E-state index contributed by atoms with van der Waals surface area (Å²) in [6, 6.07) is 9.26. The third-order valence-corrected chi connectivity index (χ3v) is 3.19. The van der Waals surface area contributed by atoms with E-state index in [1.807, 2.05) is 32.0 Å². The van der Waals surface area contributed by atoms with Crippen molar-refractivity contribution in [3.8, 4) is 0 Å². The maximum absolute atomic E-state index is 11.9. The summed E-state index contributed by atoms with van der Waals surface area (Å²) in [6.07, 6.45) is 0.990. The Balaban J connectivity index is 2.37. The first-order valence-electron chi connectivity index (χ1n) is 7.00. The fourth-order valence-corrected chi connectivity index (χ4v) is 1.68. The van der Waals surface area contributed by atoms with E-state index in [2.05, 4.69) is 19.2 Å². The van der Waals surface area contributed by atoms with Gasteiger partial charge in [-0.3, -0.25) is 0 Å². The molecule has 19 heavy (non-hydrogen) atoms. The molecule has 0 bridgehead atoms. The molecular formula is C16H25NO2. The maximum atomic E-state index is 11.9. The van der Waals surface area contributed by atoms with Crippen LogP contribution < -0.4 is 5.32 Å². The number of nitrogens with one attached hydrogen (secondary N) is 1. The number of esters is 1. The highest BCUT2D eigenvalue weighted by atomic mass is 16.5. The minimum atomic E-state index is -0.259. The molecule has 0 unspecified atom stereocenters. The second-order valence-corrected chi connectivity index (χ2v) is 5.40. The Hall–Kier alpha value is -1.35. The predicted molar refractivity (Wildman–Crippen MR) is 78.2 cm³/mol. The molecular weight excluding hydrogens is 238 g/mol. The van der Waals surface area contributed by atoms with Crippen molar-refractivity contribution in [2.75, 3.05) is 6.54 Å². The molecule has 0 spiro atoms. The molecule has 1 N–H and O–H groups in total. The largest absolute Gasteiger partial charge is 0.457 e. The Bertz CT molecular complexity index is 376. The summed E-state index contributed by atoms with van der Waals surface area (Å²) in [6.45, 7) is 9.32. The predicted octanol–water partition coefficient (Wildman–Crippen LogP) is 3.26. The van der Waals surface area contributed by atoms with Gasteiger partial charge in [-0.2, -0.15) is 0 Å². The van der Waals surface area contributed by atoms with Crippen molar-refractivity contribution in [2.45, 2.75) is 46.3 Å². The first-order chi connectivity index (χ1) is 9.00. The monoisotopic (exact) mass is 263 g/mol. The highest BCUT2D eigenvalue weighted by Crippen LogP contribution is 2.07. The number of rotatable bonds is 7. The minimum Gasteiger partial charge on any atom is -0.457 e. The van der Waals surface area contributed by atoms with E-state index in [0.717, 1.165) is 13.0 Å². The highest BCUT2D eigenvalue weighted by molar-refractivity contribution is 5.89. The molecule has 0 aliphatic carbocycles. The van der Waals surface area contributed by atoms with E-state index in [-0.39, 0.29) is 18.1 Å². The number of benzene rings is 1. The number of carbonyl (C=O) groups is 1. The van der Waals surface area contributed by atoms with E-state index >= 15 is 0 Å². The summed E-state index contributed by atoms with van der Waals surface area (Å²) in [7, 11) is 0. The van der Waals surface area contributed by atoms with Crippen molar-refractivity contribution >= 4 is 5.97 Å². The van der Waals surface area contributed by atoms with Crippen LogP contribution in [0, 0.1) is 5.92 Å². The van der Waals surface area contributed by atoms with Crippen molar-refractivity contribution in [2.24, 2.45) is 5.92 Å². The van der Waals surface area contributed by atoms with Crippen LogP contribution in [0.15, 0.2) is 30.3 Å². The van der Waals surface area contributed by atoms with Crippen molar-refractivity contribution < 1.29 is 9.53 Å². The number of hydrogen-bond donors (Lipinski definition) is 1. The molecule has 0 fully saturated rings. The zero-order chi connectivity index (χ0) is 14.3. The van der Waals surface area contributed by atoms with E-state index in [9.17, 15) is 4.79 Å². The van der Waals surface area contributed by atoms with Crippen LogP contribution in [-0.2, 0) is 4.74 Å². The average Bonchev–Trinajstić information content (AvgIpc) is 2.39. The van der Waals surface area contributed by atoms with Gasteiger partial charge < -0.3 is 10.1 Å². The lowest BCUT2D eigenvalue weighted by Gasteiger charge is -2.22. The zero-order valence-corrected chi connectivity index (χ0v) is 12.3. The Morgan fingerprint density at radius 2 is 1.79 bits per heavy atom. The van der Waals surface area contributed by atoms with Gasteiger partial charge >= 0.3 is 5.97 Å². The van der Waals surface area contributed by atoms with Gasteiger partial charge in [-0.1, -0.05) is 32.0 Å². The van der Waals surface area contributed by atoms with Crippen LogP contribution >= 0.6 is 0 Å². The van der Waals surface area contributed by atoms with Gasteiger partial charge in [0.2, 0.25) is 0 Å². The molecule has 0 aliphatic rings. The molecule has 0 heterocycles. The van der Waals surface area contributed by atoms with Crippen LogP contribution in [-0.4, -0.2) is 24.7 Å². The molecule has 0 saturated carbocycles. The Kier molecular flexibility index (Phi) is 6.57. The lowest BCUT2D eigenvalue weighted by Crippen LogP contribution is -2.39. The molecule has 0 amide bonds. The molecule has 1 aromatic rings.